The molecule has 0 spiro atoms. The Labute approximate surface area is 172 Å². The molecule has 11 heteroatoms. The maximum absolute atomic E-state index is 13.4. The van der Waals surface area contributed by atoms with E-state index in [1.165, 1.54) is 25.3 Å². The molecule has 1 aromatic heterocycles. The zero-order chi connectivity index (χ0) is 20.8. The molecule has 3 aromatic rings. The Morgan fingerprint density at radius 2 is 2.07 bits per heavy atom. The van der Waals surface area contributed by atoms with Crippen LogP contribution in [0.1, 0.15) is 11.3 Å². The molecule has 3 N–H and O–H groups in total. The summed E-state index contributed by atoms with van der Waals surface area (Å²) in [5, 5.41) is 25.0. The van der Waals surface area contributed by atoms with Crippen LogP contribution in [0.5, 0.6) is 5.75 Å². The zero-order valence-corrected chi connectivity index (χ0v) is 16.6. The monoisotopic (exact) mass is 463 g/mol. The predicted octanol–water partition coefficient (Wildman–Crippen LogP) is 3.41. The first kappa shape index (κ1) is 20.3. The van der Waals surface area contributed by atoms with Gasteiger partial charge in [-0.3, -0.25) is 4.79 Å². The minimum Gasteiger partial charge on any atom is -0.496 e. The first-order chi connectivity index (χ1) is 14.0. The first-order valence-electron chi connectivity index (χ1n) is 8.20. The van der Waals surface area contributed by atoms with E-state index in [2.05, 4.69) is 46.7 Å². The van der Waals surface area contributed by atoms with Gasteiger partial charge in [-0.2, -0.15) is 0 Å². The third-order valence-electron chi connectivity index (χ3n) is 3.80. The molecule has 0 aliphatic rings. The lowest BCUT2D eigenvalue weighted by molar-refractivity contribution is -0.115. The van der Waals surface area contributed by atoms with Gasteiger partial charge in [0.15, 0.2) is 5.69 Å². The van der Waals surface area contributed by atoms with E-state index in [-0.39, 0.29) is 28.2 Å². The van der Waals surface area contributed by atoms with E-state index >= 15 is 0 Å². The molecule has 0 atom stereocenters. The van der Waals surface area contributed by atoms with E-state index in [4.69, 9.17) is 4.74 Å². The molecule has 0 radical (unpaired) electrons. The van der Waals surface area contributed by atoms with Crippen LogP contribution in [-0.4, -0.2) is 34.4 Å². The average Bonchev–Trinajstić information content (AvgIpc) is 3.17. The van der Waals surface area contributed by atoms with E-state index in [1.54, 1.807) is 24.3 Å². The van der Waals surface area contributed by atoms with Crippen LogP contribution in [0.25, 0.3) is 0 Å². The van der Waals surface area contributed by atoms with Gasteiger partial charge in [0.2, 0.25) is 17.6 Å². The van der Waals surface area contributed by atoms with Gasteiger partial charge in [0.1, 0.15) is 11.6 Å². The SMILES string of the molecule is COc1ccccc1CC(=O)Nc1nonc1/C(=N\O)Nc1ccc(F)c(Br)c1. The number of rotatable bonds is 6. The van der Waals surface area contributed by atoms with Crippen molar-refractivity contribution in [1.29, 1.82) is 0 Å². The van der Waals surface area contributed by atoms with Gasteiger partial charge in [0.25, 0.3) is 0 Å². The molecular formula is C18H15BrFN5O4. The number of benzene rings is 2. The van der Waals surface area contributed by atoms with Crippen molar-refractivity contribution in [3.05, 3.63) is 64.0 Å². The topological polar surface area (TPSA) is 122 Å². The maximum atomic E-state index is 13.4. The number of amides is 1. The van der Waals surface area contributed by atoms with Gasteiger partial charge >= 0.3 is 0 Å². The minimum atomic E-state index is -0.453. The number of anilines is 2. The Hall–Kier alpha value is -3.47. The molecule has 1 heterocycles. The van der Waals surface area contributed by atoms with Gasteiger partial charge in [-0.1, -0.05) is 23.4 Å². The van der Waals surface area contributed by atoms with Crippen molar-refractivity contribution in [2.45, 2.75) is 6.42 Å². The molecule has 0 saturated heterocycles. The standard InChI is InChI=1S/C18H15BrFN5O4/c1-28-14-5-3-2-4-10(14)8-15(26)22-18-16(24-29-25-18)17(23-27)21-11-6-7-13(20)12(19)9-11/h2-7,9,27H,8H2,1H3,(H,21,23)(H,22,25,26). The summed E-state index contributed by atoms with van der Waals surface area (Å²) in [6.07, 6.45) is 0.0141. The predicted molar refractivity (Wildman–Crippen MR) is 106 cm³/mol. The van der Waals surface area contributed by atoms with Crippen LogP contribution in [0.3, 0.4) is 0 Å². The molecule has 9 nitrogen and oxygen atoms in total. The fourth-order valence-corrected chi connectivity index (χ4v) is 2.85. The molecule has 2 aromatic carbocycles. The number of para-hydroxylation sites is 1. The molecular weight excluding hydrogens is 449 g/mol. The Morgan fingerprint density at radius 1 is 1.28 bits per heavy atom. The van der Waals surface area contributed by atoms with Crippen LogP contribution in [0.2, 0.25) is 0 Å². The Morgan fingerprint density at radius 3 is 2.79 bits per heavy atom. The second-order valence-electron chi connectivity index (χ2n) is 5.70. The summed E-state index contributed by atoms with van der Waals surface area (Å²) in [5.41, 5.74) is 1.04. The molecule has 150 valence electrons. The van der Waals surface area contributed by atoms with Crippen LogP contribution in [0.15, 0.2) is 56.7 Å². The molecule has 3 rings (SSSR count). The van der Waals surface area contributed by atoms with Crippen molar-refractivity contribution in [2.75, 3.05) is 17.7 Å². The normalized spacial score (nSPS) is 11.2. The fraction of sp³-hybridized carbons (Fsp3) is 0.111. The number of oxime groups is 1. The summed E-state index contributed by atoms with van der Waals surface area (Å²) in [5.74, 6) is -0.496. The van der Waals surface area contributed by atoms with E-state index in [0.717, 1.165) is 0 Å². The lowest BCUT2D eigenvalue weighted by Crippen LogP contribution is -2.20. The smallest absolute Gasteiger partial charge is 0.230 e. The van der Waals surface area contributed by atoms with Crippen molar-refractivity contribution < 1.29 is 23.8 Å². The number of nitrogens with one attached hydrogen (secondary N) is 2. The van der Waals surface area contributed by atoms with Crippen LogP contribution < -0.4 is 15.4 Å². The van der Waals surface area contributed by atoms with Gasteiger partial charge < -0.3 is 20.6 Å². The summed E-state index contributed by atoms with van der Waals surface area (Å²) >= 11 is 3.07. The summed E-state index contributed by atoms with van der Waals surface area (Å²) < 4.78 is 23.5. The number of aromatic nitrogens is 2. The molecule has 0 aliphatic carbocycles. The molecule has 0 aliphatic heterocycles. The van der Waals surface area contributed by atoms with Gasteiger partial charge in [-0.15, -0.1) is 0 Å². The van der Waals surface area contributed by atoms with Crippen molar-refractivity contribution in [1.82, 2.24) is 10.3 Å². The molecule has 0 fully saturated rings. The average molecular weight is 464 g/mol. The Bertz CT molecular complexity index is 1060. The van der Waals surface area contributed by atoms with Gasteiger partial charge in [0.05, 0.1) is 18.0 Å². The number of methoxy groups -OCH3 is 1. The van der Waals surface area contributed by atoms with Gasteiger partial charge in [-0.05, 0) is 50.5 Å². The van der Waals surface area contributed by atoms with Crippen molar-refractivity contribution in [3.63, 3.8) is 0 Å². The van der Waals surface area contributed by atoms with Crippen molar-refractivity contribution >= 4 is 39.2 Å². The van der Waals surface area contributed by atoms with E-state index in [1.807, 2.05) is 0 Å². The third kappa shape index (κ3) is 4.88. The zero-order valence-electron chi connectivity index (χ0n) is 15.0. The maximum Gasteiger partial charge on any atom is 0.230 e. The fourth-order valence-electron chi connectivity index (χ4n) is 2.47. The largest absolute Gasteiger partial charge is 0.496 e. The van der Waals surface area contributed by atoms with E-state index in [0.29, 0.717) is 17.0 Å². The third-order valence-corrected chi connectivity index (χ3v) is 4.40. The van der Waals surface area contributed by atoms with Crippen molar-refractivity contribution in [3.8, 4) is 5.75 Å². The highest BCUT2D eigenvalue weighted by atomic mass is 79.9. The van der Waals surface area contributed by atoms with Crippen LogP contribution in [0.4, 0.5) is 15.9 Å². The summed E-state index contributed by atoms with van der Waals surface area (Å²) in [7, 11) is 1.51. The number of carbonyl (C=O) groups excluding carboxylic acids is 1. The highest BCUT2D eigenvalue weighted by molar-refractivity contribution is 9.10. The van der Waals surface area contributed by atoms with Crippen LogP contribution >= 0.6 is 15.9 Å². The molecule has 29 heavy (non-hydrogen) atoms. The molecule has 0 unspecified atom stereocenters. The Kier molecular flexibility index (Phi) is 6.39. The number of halogens is 2. The van der Waals surface area contributed by atoms with Crippen LogP contribution in [0, 0.1) is 5.82 Å². The number of carbonyl (C=O) groups is 1. The number of nitrogens with zero attached hydrogens (tertiary/aromatic N) is 3. The number of hydrogen-bond donors (Lipinski definition) is 3. The van der Waals surface area contributed by atoms with E-state index in [9.17, 15) is 14.4 Å². The summed E-state index contributed by atoms with van der Waals surface area (Å²) in [4.78, 5) is 12.4. The number of ether oxygens (including phenoxy) is 1. The summed E-state index contributed by atoms with van der Waals surface area (Å²) in [6.45, 7) is 0. The highest BCUT2D eigenvalue weighted by Crippen LogP contribution is 2.22. The highest BCUT2D eigenvalue weighted by Gasteiger charge is 2.20. The molecule has 0 bridgehead atoms. The minimum absolute atomic E-state index is 0.0141. The van der Waals surface area contributed by atoms with Crippen molar-refractivity contribution in [2.24, 2.45) is 5.16 Å². The molecule has 1 amide bonds. The lowest BCUT2D eigenvalue weighted by Gasteiger charge is -2.09. The van der Waals surface area contributed by atoms with Crippen LogP contribution in [-0.2, 0) is 11.2 Å². The number of hydrogen-bond acceptors (Lipinski definition) is 7. The second-order valence-corrected chi connectivity index (χ2v) is 6.56. The Balaban J connectivity index is 1.75. The second kappa shape index (κ2) is 9.15. The van der Waals surface area contributed by atoms with Gasteiger partial charge in [-0.25, -0.2) is 9.02 Å². The first-order valence-corrected chi connectivity index (χ1v) is 9.00. The van der Waals surface area contributed by atoms with Gasteiger partial charge in [0, 0.05) is 11.3 Å². The summed E-state index contributed by atoms with van der Waals surface area (Å²) in [6, 6.07) is 11.2. The lowest BCUT2D eigenvalue weighted by atomic mass is 10.1. The van der Waals surface area contributed by atoms with E-state index < -0.39 is 11.7 Å². The number of amidine groups is 1. The molecule has 0 saturated carbocycles. The quantitative estimate of drug-likeness (QED) is 0.221.